The van der Waals surface area contributed by atoms with E-state index in [-0.39, 0.29) is 0 Å². The summed E-state index contributed by atoms with van der Waals surface area (Å²) in [6.07, 6.45) is 0. The van der Waals surface area contributed by atoms with Gasteiger partial charge in [-0.1, -0.05) is 0 Å². The molecule has 0 aliphatic carbocycles. The maximum absolute atomic E-state index is 11.1. The summed E-state index contributed by atoms with van der Waals surface area (Å²) in [4.78, 5) is 0.478. The number of nitrogens with two attached hydrogens (primary N) is 1. The average Bonchev–Trinajstić information content (AvgIpc) is 2.17. The van der Waals surface area contributed by atoms with Crippen LogP contribution in [0.25, 0.3) is 0 Å². The van der Waals surface area contributed by atoms with E-state index >= 15 is 0 Å². The van der Waals surface area contributed by atoms with E-state index in [1.54, 1.807) is 19.2 Å². The fraction of sp³-hybridized carbons (Fsp3) is 0.333. The number of hydrogen-bond donors (Lipinski definition) is 1. The zero-order valence-corrected chi connectivity index (χ0v) is 9.18. The first-order valence-electron chi connectivity index (χ1n) is 3.99. The lowest BCUT2D eigenvalue weighted by Gasteiger charge is -2.12. The highest BCUT2D eigenvalue weighted by atomic mass is 32.2. The predicted octanol–water partition coefficient (Wildman–Crippen LogP) is 0.994. The van der Waals surface area contributed by atoms with Crippen LogP contribution in [0.4, 0.5) is 0 Å². The Labute approximate surface area is 85.6 Å². The van der Waals surface area contributed by atoms with E-state index < -0.39 is 11.0 Å². The van der Waals surface area contributed by atoms with Crippen molar-refractivity contribution in [3.63, 3.8) is 0 Å². The molecule has 0 radical (unpaired) electrons. The largest absolute Gasteiger partial charge is 0.496 e. The van der Waals surface area contributed by atoms with Crippen molar-refractivity contribution in [1.29, 1.82) is 0 Å². The van der Waals surface area contributed by atoms with Crippen molar-refractivity contribution >= 4 is 11.0 Å². The van der Waals surface area contributed by atoms with E-state index in [9.17, 15) is 4.21 Å². The van der Waals surface area contributed by atoms with E-state index in [1.807, 2.05) is 6.92 Å². The minimum atomic E-state index is -1.54. The summed E-state index contributed by atoms with van der Waals surface area (Å²) >= 11 is 0. The predicted molar refractivity (Wildman–Crippen MR) is 54.9 cm³/mol. The Morgan fingerprint density at radius 2 is 1.93 bits per heavy atom. The molecule has 14 heavy (non-hydrogen) atoms. The summed E-state index contributed by atoms with van der Waals surface area (Å²) in [5, 5.41) is 5.30. The van der Waals surface area contributed by atoms with Crippen molar-refractivity contribution in [2.24, 2.45) is 5.14 Å². The summed E-state index contributed by atoms with van der Waals surface area (Å²) in [5.41, 5.74) is 0.798. The molecular formula is C9H13NO3S. The lowest BCUT2D eigenvalue weighted by atomic mass is 10.2. The Morgan fingerprint density at radius 3 is 2.36 bits per heavy atom. The fourth-order valence-electron chi connectivity index (χ4n) is 1.28. The highest BCUT2D eigenvalue weighted by molar-refractivity contribution is 7.82. The molecule has 0 fully saturated rings. The van der Waals surface area contributed by atoms with Crippen molar-refractivity contribution in [2.75, 3.05) is 14.2 Å². The van der Waals surface area contributed by atoms with Gasteiger partial charge >= 0.3 is 0 Å². The first-order valence-corrected chi connectivity index (χ1v) is 5.20. The Kier molecular flexibility index (Phi) is 3.49. The summed E-state index contributed by atoms with van der Waals surface area (Å²) in [6, 6.07) is 3.36. The van der Waals surface area contributed by atoms with Gasteiger partial charge in [0.1, 0.15) is 22.5 Å². The summed E-state index contributed by atoms with van der Waals surface area (Å²) < 4.78 is 21.4. The molecule has 0 saturated heterocycles. The highest BCUT2D eigenvalue weighted by Gasteiger charge is 2.13. The smallest absolute Gasteiger partial charge is 0.142 e. The van der Waals surface area contributed by atoms with Crippen LogP contribution in [-0.4, -0.2) is 18.4 Å². The van der Waals surface area contributed by atoms with E-state index in [4.69, 9.17) is 14.6 Å². The molecule has 0 heterocycles. The molecule has 0 aliphatic heterocycles. The zero-order valence-electron chi connectivity index (χ0n) is 8.37. The molecule has 0 aliphatic rings. The van der Waals surface area contributed by atoms with Crippen LogP contribution in [0.5, 0.6) is 11.5 Å². The molecule has 0 aromatic heterocycles. The van der Waals surface area contributed by atoms with Gasteiger partial charge in [0, 0.05) is 5.56 Å². The van der Waals surface area contributed by atoms with Gasteiger partial charge in [-0.3, -0.25) is 0 Å². The van der Waals surface area contributed by atoms with Gasteiger partial charge in [-0.15, -0.1) is 0 Å². The second kappa shape index (κ2) is 4.43. The van der Waals surface area contributed by atoms with Crippen LogP contribution < -0.4 is 14.6 Å². The Hall–Kier alpha value is -1.07. The van der Waals surface area contributed by atoms with Gasteiger partial charge in [-0.2, -0.15) is 0 Å². The molecule has 1 rings (SSSR count). The van der Waals surface area contributed by atoms with Crippen LogP contribution >= 0.6 is 0 Å². The third kappa shape index (κ3) is 1.88. The third-order valence-corrected chi connectivity index (χ3v) is 2.72. The van der Waals surface area contributed by atoms with E-state index in [2.05, 4.69) is 0 Å². The monoisotopic (exact) mass is 215 g/mol. The minimum Gasteiger partial charge on any atom is -0.496 e. The van der Waals surface area contributed by atoms with Gasteiger partial charge in [0.2, 0.25) is 0 Å². The molecule has 1 atom stereocenters. The first-order chi connectivity index (χ1) is 6.61. The standard InChI is InChI=1S/C9H13NO3S/c1-6-7(12-2)4-5-8(14(10)11)9(6)13-3/h4-5H,10H2,1-3H3/t14-/m1/s1. The lowest BCUT2D eigenvalue weighted by molar-refractivity contribution is 0.381. The maximum Gasteiger partial charge on any atom is 0.142 e. The van der Waals surface area contributed by atoms with Gasteiger partial charge in [0.25, 0.3) is 0 Å². The molecule has 0 saturated carbocycles. The first kappa shape index (κ1) is 11.0. The molecular weight excluding hydrogens is 202 g/mol. The number of benzene rings is 1. The zero-order chi connectivity index (χ0) is 10.7. The van der Waals surface area contributed by atoms with Crippen LogP contribution in [0.1, 0.15) is 5.56 Å². The van der Waals surface area contributed by atoms with Crippen molar-refractivity contribution in [3.05, 3.63) is 17.7 Å². The average molecular weight is 215 g/mol. The molecule has 0 unspecified atom stereocenters. The van der Waals surface area contributed by atoms with Gasteiger partial charge in [-0.25, -0.2) is 9.35 Å². The topological polar surface area (TPSA) is 61.5 Å². The molecule has 0 spiro atoms. The van der Waals surface area contributed by atoms with Gasteiger partial charge in [-0.05, 0) is 19.1 Å². The van der Waals surface area contributed by atoms with E-state index in [0.29, 0.717) is 16.4 Å². The van der Waals surface area contributed by atoms with Crippen molar-refractivity contribution in [1.82, 2.24) is 0 Å². The van der Waals surface area contributed by atoms with Gasteiger partial charge < -0.3 is 9.47 Å². The number of hydrogen-bond acceptors (Lipinski definition) is 3. The van der Waals surface area contributed by atoms with Crippen LogP contribution in [0, 0.1) is 6.92 Å². The molecule has 2 N–H and O–H groups in total. The number of rotatable bonds is 3. The van der Waals surface area contributed by atoms with Gasteiger partial charge in [0.15, 0.2) is 0 Å². The molecule has 1 aromatic rings. The van der Waals surface area contributed by atoms with Crippen molar-refractivity contribution in [2.45, 2.75) is 11.8 Å². The quantitative estimate of drug-likeness (QED) is 0.818. The summed E-state index contributed by atoms with van der Waals surface area (Å²) in [7, 11) is 1.54. The highest BCUT2D eigenvalue weighted by Crippen LogP contribution is 2.32. The number of methoxy groups -OCH3 is 2. The molecule has 5 heteroatoms. The minimum absolute atomic E-state index is 0.478. The Bertz CT molecular complexity index is 365. The van der Waals surface area contributed by atoms with E-state index in [0.717, 1.165) is 5.56 Å². The fourth-order valence-corrected chi connectivity index (χ4v) is 1.90. The summed E-state index contributed by atoms with van der Waals surface area (Å²) in [5.74, 6) is 1.21. The molecule has 1 aromatic carbocycles. The van der Waals surface area contributed by atoms with Crippen molar-refractivity contribution in [3.8, 4) is 11.5 Å². The molecule has 0 amide bonds. The Balaban J connectivity index is 3.35. The second-order valence-corrected chi connectivity index (χ2v) is 3.76. The van der Waals surface area contributed by atoms with E-state index in [1.165, 1.54) is 7.11 Å². The van der Waals surface area contributed by atoms with Crippen molar-refractivity contribution < 1.29 is 13.7 Å². The SMILES string of the molecule is COc1ccc([S@](N)=O)c(OC)c1C. The van der Waals surface area contributed by atoms with Crippen LogP contribution in [0.3, 0.4) is 0 Å². The van der Waals surface area contributed by atoms with Crippen LogP contribution in [0.2, 0.25) is 0 Å². The van der Waals surface area contributed by atoms with Crippen LogP contribution in [0.15, 0.2) is 17.0 Å². The summed E-state index contributed by atoms with van der Waals surface area (Å²) in [6.45, 7) is 1.83. The second-order valence-electron chi connectivity index (χ2n) is 2.72. The molecule has 4 nitrogen and oxygen atoms in total. The molecule has 0 bridgehead atoms. The Morgan fingerprint density at radius 1 is 1.29 bits per heavy atom. The third-order valence-electron chi connectivity index (χ3n) is 1.96. The maximum atomic E-state index is 11.1. The van der Waals surface area contributed by atoms with Gasteiger partial charge in [0.05, 0.1) is 19.1 Å². The lowest BCUT2D eigenvalue weighted by Crippen LogP contribution is -2.06. The van der Waals surface area contributed by atoms with Crippen LogP contribution in [-0.2, 0) is 11.0 Å². The number of ether oxygens (including phenoxy) is 2. The molecule has 78 valence electrons. The normalized spacial score (nSPS) is 12.3.